The van der Waals surface area contributed by atoms with Gasteiger partial charge in [0.05, 0.1) is 4.47 Å². The van der Waals surface area contributed by atoms with E-state index in [2.05, 4.69) is 25.9 Å². The predicted molar refractivity (Wildman–Crippen MR) is 99.8 cm³/mol. The SMILES string of the molecule is CC(C)(C)OC(=O)N1CCC(N(C(=O)c2ncc(Br)cn2)C2CC2)CC1. The number of rotatable bonds is 3. The van der Waals surface area contributed by atoms with Crippen molar-refractivity contribution in [3.63, 3.8) is 0 Å². The molecule has 0 radical (unpaired) electrons. The summed E-state index contributed by atoms with van der Waals surface area (Å²) in [5, 5.41) is 0. The minimum atomic E-state index is -0.497. The molecule has 0 spiro atoms. The Kier molecular flexibility index (Phi) is 5.50. The first-order valence-electron chi connectivity index (χ1n) is 9.03. The Morgan fingerprint density at radius 3 is 2.15 bits per heavy atom. The number of carbonyl (C=O) groups is 2. The number of halogens is 1. The van der Waals surface area contributed by atoms with E-state index in [4.69, 9.17) is 4.74 Å². The van der Waals surface area contributed by atoms with Crippen LogP contribution >= 0.6 is 15.9 Å². The van der Waals surface area contributed by atoms with E-state index in [0.717, 1.165) is 30.2 Å². The van der Waals surface area contributed by atoms with Crippen molar-refractivity contribution in [2.75, 3.05) is 13.1 Å². The molecule has 142 valence electrons. The topological polar surface area (TPSA) is 75.6 Å². The average molecular weight is 425 g/mol. The van der Waals surface area contributed by atoms with Gasteiger partial charge in [0.25, 0.3) is 5.91 Å². The molecule has 0 aromatic carbocycles. The van der Waals surface area contributed by atoms with E-state index < -0.39 is 5.60 Å². The fourth-order valence-corrected chi connectivity index (χ4v) is 3.38. The Hall–Kier alpha value is -1.70. The number of hydrogen-bond acceptors (Lipinski definition) is 5. The van der Waals surface area contributed by atoms with Gasteiger partial charge in [-0.15, -0.1) is 0 Å². The summed E-state index contributed by atoms with van der Waals surface area (Å²) in [5.74, 6) is 0.116. The Balaban J connectivity index is 1.63. The van der Waals surface area contributed by atoms with E-state index in [1.165, 1.54) is 0 Å². The summed E-state index contributed by atoms with van der Waals surface area (Å²) in [6.45, 7) is 6.78. The van der Waals surface area contributed by atoms with E-state index in [1.54, 1.807) is 17.3 Å². The fourth-order valence-electron chi connectivity index (χ4n) is 3.17. The van der Waals surface area contributed by atoms with Crippen LogP contribution in [0.1, 0.15) is 57.1 Å². The third-order valence-electron chi connectivity index (χ3n) is 4.50. The van der Waals surface area contributed by atoms with Crippen molar-refractivity contribution < 1.29 is 14.3 Å². The second kappa shape index (κ2) is 7.50. The molecule has 1 saturated carbocycles. The minimum absolute atomic E-state index is 0.112. The summed E-state index contributed by atoms with van der Waals surface area (Å²) in [4.78, 5) is 37.1. The number of carbonyl (C=O) groups excluding carboxylic acids is 2. The molecular formula is C18H25BrN4O3. The normalized spacial score (nSPS) is 18.5. The van der Waals surface area contributed by atoms with E-state index in [0.29, 0.717) is 13.1 Å². The van der Waals surface area contributed by atoms with Crippen LogP contribution in [-0.4, -0.2) is 62.5 Å². The summed E-state index contributed by atoms with van der Waals surface area (Å²) >= 11 is 3.29. The van der Waals surface area contributed by atoms with Crippen molar-refractivity contribution in [1.82, 2.24) is 19.8 Å². The molecule has 0 atom stereocenters. The maximum atomic E-state index is 12.9. The Labute approximate surface area is 162 Å². The van der Waals surface area contributed by atoms with Crippen LogP contribution in [0.2, 0.25) is 0 Å². The number of amides is 2. The zero-order chi connectivity index (χ0) is 18.9. The lowest BCUT2D eigenvalue weighted by Gasteiger charge is -2.38. The number of hydrogen-bond donors (Lipinski definition) is 0. The second-order valence-corrected chi connectivity index (χ2v) is 8.78. The fraction of sp³-hybridized carbons (Fsp3) is 0.667. The molecule has 2 heterocycles. The summed E-state index contributed by atoms with van der Waals surface area (Å²) in [7, 11) is 0. The zero-order valence-corrected chi connectivity index (χ0v) is 17.0. The number of piperidine rings is 1. The minimum Gasteiger partial charge on any atom is -0.444 e. The zero-order valence-electron chi connectivity index (χ0n) is 15.4. The van der Waals surface area contributed by atoms with E-state index in [1.807, 2.05) is 25.7 Å². The molecule has 2 aliphatic rings. The Bertz CT molecular complexity index is 662. The van der Waals surface area contributed by atoms with Gasteiger partial charge in [0.15, 0.2) is 0 Å². The van der Waals surface area contributed by atoms with Crippen LogP contribution in [0.5, 0.6) is 0 Å². The summed E-state index contributed by atoms with van der Waals surface area (Å²) in [6, 6.07) is 0.383. The molecule has 1 aliphatic carbocycles. The van der Waals surface area contributed by atoms with Gasteiger partial charge in [0.2, 0.25) is 5.82 Å². The van der Waals surface area contributed by atoms with Gasteiger partial charge in [-0.3, -0.25) is 4.79 Å². The maximum absolute atomic E-state index is 12.9. The highest BCUT2D eigenvalue weighted by molar-refractivity contribution is 9.10. The van der Waals surface area contributed by atoms with Crippen LogP contribution in [0, 0.1) is 0 Å². The standard InChI is InChI=1S/C18H25BrN4O3/c1-18(2,3)26-17(25)22-8-6-14(7-9-22)23(13-4-5-13)16(24)15-20-10-12(19)11-21-15/h10-11,13-14H,4-9H2,1-3H3. The highest BCUT2D eigenvalue weighted by Gasteiger charge is 2.40. The van der Waals surface area contributed by atoms with Crippen LogP contribution in [-0.2, 0) is 4.74 Å². The highest BCUT2D eigenvalue weighted by atomic mass is 79.9. The van der Waals surface area contributed by atoms with Crippen molar-refractivity contribution in [2.24, 2.45) is 0 Å². The summed E-state index contributed by atoms with van der Waals surface area (Å²) in [6.07, 6.45) is 6.45. The van der Waals surface area contributed by atoms with Gasteiger partial charge in [-0.2, -0.15) is 0 Å². The van der Waals surface area contributed by atoms with Gasteiger partial charge in [-0.1, -0.05) is 0 Å². The first-order valence-corrected chi connectivity index (χ1v) is 9.82. The first kappa shape index (κ1) is 19.1. The smallest absolute Gasteiger partial charge is 0.410 e. The lowest BCUT2D eigenvalue weighted by Crippen LogP contribution is -2.50. The van der Waals surface area contributed by atoms with Crippen LogP contribution in [0.3, 0.4) is 0 Å². The number of ether oxygens (including phenoxy) is 1. The molecule has 1 aliphatic heterocycles. The molecule has 7 nitrogen and oxygen atoms in total. The largest absolute Gasteiger partial charge is 0.444 e. The molecular weight excluding hydrogens is 400 g/mol. The van der Waals surface area contributed by atoms with Crippen LogP contribution in [0.15, 0.2) is 16.9 Å². The lowest BCUT2D eigenvalue weighted by molar-refractivity contribution is 0.0141. The van der Waals surface area contributed by atoms with Crippen LogP contribution in [0.25, 0.3) is 0 Å². The third kappa shape index (κ3) is 4.72. The van der Waals surface area contributed by atoms with Crippen molar-refractivity contribution in [2.45, 2.75) is 64.1 Å². The van der Waals surface area contributed by atoms with Gasteiger partial charge in [0, 0.05) is 37.6 Å². The molecule has 1 aromatic rings. The van der Waals surface area contributed by atoms with Crippen molar-refractivity contribution in [1.29, 1.82) is 0 Å². The summed E-state index contributed by atoms with van der Waals surface area (Å²) < 4.78 is 6.19. The molecule has 1 aromatic heterocycles. The molecule has 2 fully saturated rings. The van der Waals surface area contributed by atoms with E-state index >= 15 is 0 Å². The molecule has 0 N–H and O–H groups in total. The van der Waals surface area contributed by atoms with E-state index in [9.17, 15) is 9.59 Å². The molecule has 2 amide bonds. The molecule has 0 unspecified atom stereocenters. The predicted octanol–water partition coefficient (Wildman–Crippen LogP) is 3.24. The van der Waals surface area contributed by atoms with Gasteiger partial charge >= 0.3 is 6.09 Å². The lowest BCUT2D eigenvalue weighted by atomic mass is 10.0. The molecule has 1 saturated heterocycles. The highest BCUT2D eigenvalue weighted by Crippen LogP contribution is 2.33. The Morgan fingerprint density at radius 1 is 1.12 bits per heavy atom. The third-order valence-corrected chi connectivity index (χ3v) is 4.91. The Morgan fingerprint density at radius 2 is 1.65 bits per heavy atom. The molecule has 8 heteroatoms. The van der Waals surface area contributed by atoms with Gasteiger partial charge < -0.3 is 14.5 Å². The molecule has 3 rings (SSSR count). The van der Waals surface area contributed by atoms with Crippen LogP contribution in [0.4, 0.5) is 4.79 Å². The summed E-state index contributed by atoms with van der Waals surface area (Å²) in [5.41, 5.74) is -0.497. The van der Waals surface area contributed by atoms with Crippen molar-refractivity contribution >= 4 is 27.9 Å². The van der Waals surface area contributed by atoms with Gasteiger partial charge in [-0.25, -0.2) is 14.8 Å². The number of nitrogens with zero attached hydrogens (tertiary/aromatic N) is 4. The first-order chi connectivity index (χ1) is 12.2. The quantitative estimate of drug-likeness (QED) is 0.743. The van der Waals surface area contributed by atoms with Crippen LogP contribution < -0.4 is 0 Å². The maximum Gasteiger partial charge on any atom is 0.410 e. The van der Waals surface area contributed by atoms with Crippen molar-refractivity contribution in [3.05, 3.63) is 22.7 Å². The van der Waals surface area contributed by atoms with Crippen molar-refractivity contribution in [3.8, 4) is 0 Å². The van der Waals surface area contributed by atoms with E-state index in [-0.39, 0.29) is 29.9 Å². The average Bonchev–Trinajstić information content (AvgIpc) is 3.39. The molecule has 26 heavy (non-hydrogen) atoms. The van der Waals surface area contributed by atoms with Gasteiger partial charge in [-0.05, 0) is 62.4 Å². The second-order valence-electron chi connectivity index (χ2n) is 7.87. The number of likely N-dealkylation sites (tertiary alicyclic amines) is 1. The van der Waals surface area contributed by atoms with Gasteiger partial charge in [0.1, 0.15) is 5.60 Å². The molecule has 0 bridgehead atoms. The number of aromatic nitrogens is 2. The monoisotopic (exact) mass is 424 g/mol.